The number of carbonyl (C=O) groups is 1. The number of hydrogen-bond donors (Lipinski definition) is 0. The molecule has 0 spiro atoms. The minimum atomic E-state index is -0.125. The van der Waals surface area contributed by atoms with Crippen molar-refractivity contribution in [1.82, 2.24) is 4.68 Å². The van der Waals surface area contributed by atoms with Gasteiger partial charge in [0, 0.05) is 11.4 Å². The number of aromatic nitrogens is 1. The molecular formula is C24H22N2O3S2. The number of rotatable bonds is 7. The molecule has 0 saturated carbocycles. The standard InChI is InChI=1S/C24H22N2O3S2/c1-17-11-12-18(2)25(17)26-23(27)22(31-24(26)30)16-19-7-6-10-21(15-19)29-14-13-28-20-8-4-3-5-9-20/h3-12,15-16H,13-14H2,1-2H3/b22-16+. The maximum atomic E-state index is 13.0. The number of hydrogen-bond acceptors (Lipinski definition) is 5. The van der Waals surface area contributed by atoms with E-state index in [1.165, 1.54) is 11.8 Å². The maximum absolute atomic E-state index is 13.0. The van der Waals surface area contributed by atoms with E-state index >= 15 is 0 Å². The highest BCUT2D eigenvalue weighted by molar-refractivity contribution is 8.27. The Balaban J connectivity index is 1.42. The summed E-state index contributed by atoms with van der Waals surface area (Å²) in [6.45, 7) is 4.78. The second kappa shape index (κ2) is 9.41. The van der Waals surface area contributed by atoms with Gasteiger partial charge in [0.25, 0.3) is 5.91 Å². The van der Waals surface area contributed by atoms with Gasteiger partial charge in [0.05, 0.1) is 4.91 Å². The predicted molar refractivity (Wildman–Crippen MR) is 129 cm³/mol. The molecule has 2 aromatic carbocycles. The van der Waals surface area contributed by atoms with Crippen LogP contribution in [-0.4, -0.2) is 28.1 Å². The number of nitrogens with zero attached hydrogens (tertiary/aromatic N) is 2. The number of thiocarbonyl (C=S) groups is 1. The molecule has 0 bridgehead atoms. The zero-order valence-electron chi connectivity index (χ0n) is 17.3. The molecule has 1 aliphatic heterocycles. The quantitative estimate of drug-likeness (QED) is 0.285. The molecule has 0 aliphatic carbocycles. The summed E-state index contributed by atoms with van der Waals surface area (Å²) in [5.74, 6) is 1.41. The molecule has 158 valence electrons. The van der Waals surface area contributed by atoms with Crippen LogP contribution in [0, 0.1) is 13.8 Å². The van der Waals surface area contributed by atoms with E-state index in [9.17, 15) is 4.79 Å². The Bertz CT molecular complexity index is 1120. The fourth-order valence-electron chi connectivity index (χ4n) is 3.29. The summed E-state index contributed by atoms with van der Waals surface area (Å²) in [5, 5.41) is 1.55. The highest BCUT2D eigenvalue weighted by Crippen LogP contribution is 2.33. The van der Waals surface area contributed by atoms with Crippen molar-refractivity contribution in [3.8, 4) is 11.5 Å². The van der Waals surface area contributed by atoms with Crippen molar-refractivity contribution in [2.24, 2.45) is 0 Å². The Kier molecular flexibility index (Phi) is 6.44. The smallest absolute Gasteiger partial charge is 0.285 e. The number of thioether (sulfide) groups is 1. The summed E-state index contributed by atoms with van der Waals surface area (Å²) in [5.41, 5.74) is 2.80. The van der Waals surface area contributed by atoms with E-state index in [-0.39, 0.29) is 5.91 Å². The van der Waals surface area contributed by atoms with Crippen LogP contribution in [0.1, 0.15) is 17.0 Å². The second-order valence-corrected chi connectivity index (χ2v) is 8.68. The first kappa shape index (κ1) is 21.2. The summed E-state index contributed by atoms with van der Waals surface area (Å²) >= 11 is 6.79. The summed E-state index contributed by atoms with van der Waals surface area (Å²) in [7, 11) is 0. The third kappa shape index (κ3) is 4.84. The number of ether oxygens (including phenoxy) is 2. The van der Waals surface area contributed by atoms with Crippen LogP contribution in [0.15, 0.2) is 71.6 Å². The third-order valence-corrected chi connectivity index (χ3v) is 6.01. The fourth-order valence-corrected chi connectivity index (χ4v) is 4.53. The Labute approximate surface area is 191 Å². The van der Waals surface area contributed by atoms with Gasteiger partial charge in [0.2, 0.25) is 0 Å². The van der Waals surface area contributed by atoms with Gasteiger partial charge in [-0.25, -0.2) is 0 Å². The van der Waals surface area contributed by atoms with E-state index in [1.807, 2.05) is 91.3 Å². The number of para-hydroxylation sites is 1. The molecule has 7 heteroatoms. The molecule has 4 rings (SSSR count). The molecule has 0 atom stereocenters. The van der Waals surface area contributed by atoms with Crippen molar-refractivity contribution >= 4 is 40.3 Å². The van der Waals surface area contributed by atoms with Gasteiger partial charge in [-0.1, -0.05) is 42.1 Å². The lowest BCUT2D eigenvalue weighted by atomic mass is 10.2. The number of benzene rings is 2. The van der Waals surface area contributed by atoms with Crippen molar-refractivity contribution in [3.63, 3.8) is 0 Å². The topological polar surface area (TPSA) is 43.7 Å². The van der Waals surface area contributed by atoms with Crippen LogP contribution in [0.5, 0.6) is 11.5 Å². The molecule has 31 heavy (non-hydrogen) atoms. The summed E-state index contributed by atoms with van der Waals surface area (Å²) in [4.78, 5) is 13.6. The van der Waals surface area contributed by atoms with Crippen molar-refractivity contribution in [2.45, 2.75) is 13.8 Å². The average Bonchev–Trinajstić information content (AvgIpc) is 3.23. The zero-order valence-corrected chi connectivity index (χ0v) is 18.9. The van der Waals surface area contributed by atoms with Crippen LogP contribution in [0.25, 0.3) is 6.08 Å². The van der Waals surface area contributed by atoms with Gasteiger partial charge in [-0.15, -0.1) is 0 Å². The minimum Gasteiger partial charge on any atom is -0.490 e. The lowest BCUT2D eigenvalue weighted by Crippen LogP contribution is -2.39. The van der Waals surface area contributed by atoms with E-state index in [1.54, 1.807) is 5.01 Å². The highest BCUT2D eigenvalue weighted by Gasteiger charge is 2.34. The first-order valence-electron chi connectivity index (χ1n) is 9.87. The molecule has 3 aromatic rings. The van der Waals surface area contributed by atoms with Crippen LogP contribution in [0.4, 0.5) is 0 Å². The molecule has 1 aliphatic rings. The number of carbonyl (C=O) groups excluding carboxylic acids is 1. The van der Waals surface area contributed by atoms with Crippen LogP contribution in [0.3, 0.4) is 0 Å². The monoisotopic (exact) mass is 450 g/mol. The van der Waals surface area contributed by atoms with Crippen LogP contribution in [0.2, 0.25) is 0 Å². The van der Waals surface area contributed by atoms with Gasteiger partial charge in [0.15, 0.2) is 4.32 Å². The molecule has 1 saturated heterocycles. The van der Waals surface area contributed by atoms with Crippen molar-refractivity contribution in [2.75, 3.05) is 18.2 Å². The molecular weight excluding hydrogens is 428 g/mol. The molecule has 1 aromatic heterocycles. The van der Waals surface area contributed by atoms with E-state index in [0.29, 0.717) is 22.4 Å². The third-order valence-electron chi connectivity index (χ3n) is 4.73. The minimum absolute atomic E-state index is 0.125. The fraction of sp³-hybridized carbons (Fsp3) is 0.167. The van der Waals surface area contributed by atoms with Crippen LogP contribution < -0.4 is 14.5 Å². The van der Waals surface area contributed by atoms with Gasteiger partial charge in [-0.3, -0.25) is 9.47 Å². The normalized spacial score (nSPS) is 15.0. The number of aryl methyl sites for hydroxylation is 2. The Morgan fingerprint density at radius 3 is 2.26 bits per heavy atom. The van der Waals surface area contributed by atoms with Gasteiger partial charge >= 0.3 is 0 Å². The van der Waals surface area contributed by atoms with E-state index < -0.39 is 0 Å². The maximum Gasteiger partial charge on any atom is 0.285 e. The lowest BCUT2D eigenvalue weighted by molar-refractivity contribution is -0.114. The van der Waals surface area contributed by atoms with Gasteiger partial charge in [0.1, 0.15) is 24.7 Å². The SMILES string of the molecule is Cc1ccc(C)n1N1C(=O)/C(=C\c2cccc(OCCOc3ccccc3)c2)SC1=S. The molecule has 2 heterocycles. The van der Waals surface area contributed by atoms with Crippen molar-refractivity contribution in [1.29, 1.82) is 0 Å². The Hall–Kier alpha value is -3.03. The molecule has 1 amide bonds. The number of amides is 1. The van der Waals surface area contributed by atoms with Crippen molar-refractivity contribution in [3.05, 3.63) is 88.6 Å². The summed E-state index contributed by atoms with van der Waals surface area (Å²) in [6, 6.07) is 21.2. The van der Waals surface area contributed by atoms with Gasteiger partial charge in [-0.2, -0.15) is 5.01 Å². The van der Waals surface area contributed by atoms with E-state index in [0.717, 1.165) is 28.5 Å². The molecule has 5 nitrogen and oxygen atoms in total. The molecule has 0 N–H and O–H groups in total. The van der Waals surface area contributed by atoms with Gasteiger partial charge < -0.3 is 9.47 Å². The lowest BCUT2D eigenvalue weighted by Gasteiger charge is -2.20. The summed E-state index contributed by atoms with van der Waals surface area (Å²) in [6.07, 6.45) is 1.85. The molecule has 0 radical (unpaired) electrons. The van der Waals surface area contributed by atoms with Crippen LogP contribution >= 0.6 is 24.0 Å². The molecule has 1 fully saturated rings. The van der Waals surface area contributed by atoms with E-state index in [4.69, 9.17) is 21.7 Å². The first-order chi connectivity index (χ1) is 15.0. The largest absolute Gasteiger partial charge is 0.490 e. The highest BCUT2D eigenvalue weighted by atomic mass is 32.2. The summed E-state index contributed by atoms with van der Waals surface area (Å²) < 4.78 is 13.8. The first-order valence-corrected chi connectivity index (χ1v) is 11.1. The van der Waals surface area contributed by atoms with Crippen molar-refractivity contribution < 1.29 is 14.3 Å². The Morgan fingerprint density at radius 1 is 0.903 bits per heavy atom. The average molecular weight is 451 g/mol. The Morgan fingerprint density at radius 2 is 1.55 bits per heavy atom. The van der Waals surface area contributed by atoms with Crippen LogP contribution in [-0.2, 0) is 4.79 Å². The molecule has 0 unspecified atom stereocenters. The van der Waals surface area contributed by atoms with Gasteiger partial charge in [-0.05, 0) is 74.1 Å². The van der Waals surface area contributed by atoms with E-state index in [2.05, 4.69) is 0 Å². The predicted octanol–water partition coefficient (Wildman–Crippen LogP) is 5.10. The zero-order chi connectivity index (χ0) is 21.8. The second-order valence-electron chi connectivity index (χ2n) is 7.00.